The van der Waals surface area contributed by atoms with Gasteiger partial charge in [0.05, 0.1) is 33.1 Å². The summed E-state index contributed by atoms with van der Waals surface area (Å²) in [5.74, 6) is 1.37. The minimum absolute atomic E-state index is 0.353. The minimum Gasteiger partial charge on any atom is -0.454 e. The molecule has 34 heavy (non-hydrogen) atoms. The van der Waals surface area contributed by atoms with Gasteiger partial charge in [-0.05, 0) is 61.0 Å². The van der Waals surface area contributed by atoms with Gasteiger partial charge >= 0.3 is 0 Å². The van der Waals surface area contributed by atoms with Gasteiger partial charge in [0.2, 0.25) is 0 Å². The second-order valence-electron chi connectivity index (χ2n) is 7.68. The number of ether oxygens (including phenoxy) is 1. The summed E-state index contributed by atoms with van der Waals surface area (Å²) in [7, 11) is 0. The fraction of sp³-hybridized carbons (Fsp3) is 0.0400. The number of aromatic nitrogens is 1. The number of benzene rings is 3. The maximum absolute atomic E-state index is 6.52. The summed E-state index contributed by atoms with van der Waals surface area (Å²) in [6, 6.07) is 19.3. The zero-order chi connectivity index (χ0) is 23.8. The standard InChI is InChI=1S/C25H18BrCl2N5O/c1-14-8-23(15-2-4-16(26)5-3-15)31-22-7-6-18(11-19(14)22)34-25-20(27)9-17(10-21(25)28)33-13-30-12-24(29)32-33/h2-13,32H,29H2,1H3. The van der Waals surface area contributed by atoms with Crippen molar-refractivity contribution < 1.29 is 4.74 Å². The maximum atomic E-state index is 6.52. The monoisotopic (exact) mass is 553 g/mol. The number of nitrogens with one attached hydrogen (secondary N) is 1. The van der Waals surface area contributed by atoms with Crippen LogP contribution < -0.4 is 20.9 Å². The largest absolute Gasteiger partial charge is 0.454 e. The van der Waals surface area contributed by atoms with E-state index in [0.29, 0.717) is 33.1 Å². The molecular weight excluding hydrogens is 537 g/mol. The lowest BCUT2D eigenvalue weighted by molar-refractivity contribution is 0.484. The number of hydrogen-bond acceptors (Lipinski definition) is 6. The van der Waals surface area contributed by atoms with Crippen molar-refractivity contribution in [2.45, 2.75) is 6.92 Å². The van der Waals surface area contributed by atoms with Crippen molar-refractivity contribution in [1.82, 2.24) is 10.4 Å². The Bertz CT molecular complexity index is 1450. The highest BCUT2D eigenvalue weighted by atomic mass is 79.9. The molecule has 3 aromatic carbocycles. The average molecular weight is 555 g/mol. The minimum atomic E-state index is 0.353. The van der Waals surface area contributed by atoms with Gasteiger partial charge in [-0.1, -0.05) is 51.3 Å². The number of hydrogen-bond donors (Lipinski definition) is 2. The molecule has 2 heterocycles. The van der Waals surface area contributed by atoms with E-state index in [2.05, 4.69) is 39.3 Å². The van der Waals surface area contributed by atoms with Crippen LogP contribution in [0, 0.1) is 6.92 Å². The Kier molecular flexibility index (Phi) is 6.08. The van der Waals surface area contributed by atoms with E-state index in [9.17, 15) is 0 Å². The van der Waals surface area contributed by atoms with Crippen LogP contribution in [0.5, 0.6) is 11.5 Å². The maximum Gasteiger partial charge on any atom is 0.164 e. The Morgan fingerprint density at radius 2 is 1.74 bits per heavy atom. The normalized spacial score (nSPS) is 13.1. The lowest BCUT2D eigenvalue weighted by Crippen LogP contribution is -2.40. The number of aliphatic imine (C=N–C) groups is 1. The summed E-state index contributed by atoms with van der Waals surface area (Å²) in [6.07, 6.45) is 3.08. The second kappa shape index (κ2) is 9.18. The van der Waals surface area contributed by atoms with Crippen molar-refractivity contribution in [3.05, 3.63) is 92.8 Å². The summed E-state index contributed by atoms with van der Waals surface area (Å²) in [6.45, 7) is 2.05. The van der Waals surface area contributed by atoms with Gasteiger partial charge in [0.15, 0.2) is 5.75 Å². The molecule has 0 aliphatic carbocycles. The van der Waals surface area contributed by atoms with Crippen LogP contribution in [0.4, 0.5) is 5.69 Å². The highest BCUT2D eigenvalue weighted by molar-refractivity contribution is 9.10. The first-order valence-electron chi connectivity index (χ1n) is 10.3. The Balaban J connectivity index is 1.44. The topological polar surface area (TPSA) is 75.8 Å². The molecule has 0 atom stereocenters. The van der Waals surface area contributed by atoms with Gasteiger partial charge in [-0.3, -0.25) is 5.43 Å². The number of anilines is 1. The van der Waals surface area contributed by atoms with Crippen LogP contribution >= 0.6 is 39.1 Å². The molecule has 3 N–H and O–H groups in total. The molecule has 5 rings (SSSR count). The third-order valence-corrected chi connectivity index (χ3v) is 6.34. The lowest BCUT2D eigenvalue weighted by Gasteiger charge is -2.24. The van der Waals surface area contributed by atoms with Gasteiger partial charge in [0.25, 0.3) is 0 Å². The van der Waals surface area contributed by atoms with E-state index in [1.54, 1.807) is 23.5 Å². The molecule has 170 valence electrons. The predicted octanol–water partition coefficient (Wildman–Crippen LogP) is 7.18. The quantitative estimate of drug-likeness (QED) is 0.279. The molecule has 0 unspecified atom stereocenters. The van der Waals surface area contributed by atoms with E-state index in [0.717, 1.165) is 32.2 Å². The first kappa shape index (κ1) is 22.5. The molecule has 6 nitrogen and oxygen atoms in total. The Morgan fingerprint density at radius 3 is 2.44 bits per heavy atom. The van der Waals surface area contributed by atoms with Crippen LogP contribution in [0.15, 0.2) is 82.1 Å². The molecule has 0 fully saturated rings. The number of hydrazine groups is 1. The molecule has 0 spiro atoms. The van der Waals surface area contributed by atoms with Crippen molar-refractivity contribution in [3.8, 4) is 22.8 Å². The number of halogens is 3. The molecular formula is C25H18BrCl2N5O. The van der Waals surface area contributed by atoms with E-state index in [1.165, 1.54) is 6.20 Å². The van der Waals surface area contributed by atoms with Crippen LogP contribution in [0.2, 0.25) is 10.0 Å². The molecule has 0 saturated carbocycles. The van der Waals surface area contributed by atoms with Crippen LogP contribution in [-0.4, -0.2) is 11.3 Å². The summed E-state index contributed by atoms with van der Waals surface area (Å²) >= 11 is 16.5. The smallest absolute Gasteiger partial charge is 0.164 e. The second-order valence-corrected chi connectivity index (χ2v) is 9.41. The van der Waals surface area contributed by atoms with Gasteiger partial charge < -0.3 is 10.5 Å². The molecule has 0 radical (unpaired) electrons. The first-order valence-corrected chi connectivity index (χ1v) is 11.8. The van der Waals surface area contributed by atoms with Crippen LogP contribution in [0.3, 0.4) is 0 Å². The number of aryl methyl sites for hydroxylation is 1. The number of rotatable bonds is 4. The highest BCUT2D eigenvalue weighted by Gasteiger charge is 2.16. The Hall–Kier alpha value is -3.26. The van der Waals surface area contributed by atoms with Gasteiger partial charge in [-0.25, -0.2) is 15.0 Å². The number of pyridine rings is 1. The molecule has 9 heteroatoms. The molecule has 0 saturated heterocycles. The molecule has 1 aliphatic heterocycles. The lowest BCUT2D eigenvalue weighted by atomic mass is 10.0. The summed E-state index contributed by atoms with van der Waals surface area (Å²) in [4.78, 5) is 8.88. The first-order chi connectivity index (χ1) is 16.4. The number of nitrogens with zero attached hydrogens (tertiary/aromatic N) is 3. The van der Waals surface area contributed by atoms with Crippen LogP contribution in [-0.2, 0) is 0 Å². The van der Waals surface area contributed by atoms with E-state index >= 15 is 0 Å². The van der Waals surface area contributed by atoms with E-state index < -0.39 is 0 Å². The van der Waals surface area contributed by atoms with Gasteiger partial charge in [0, 0.05) is 15.4 Å². The fourth-order valence-electron chi connectivity index (χ4n) is 3.61. The van der Waals surface area contributed by atoms with Crippen molar-refractivity contribution in [2.24, 2.45) is 10.7 Å². The third kappa shape index (κ3) is 4.55. The van der Waals surface area contributed by atoms with E-state index in [1.807, 2.05) is 42.5 Å². The Morgan fingerprint density at radius 1 is 1.00 bits per heavy atom. The average Bonchev–Trinajstić information content (AvgIpc) is 2.82. The molecule has 0 bridgehead atoms. The van der Waals surface area contributed by atoms with Crippen LogP contribution in [0.25, 0.3) is 22.2 Å². The SMILES string of the molecule is Cc1cc(-c2ccc(Br)cc2)nc2ccc(Oc3c(Cl)cc(N4C=NC=C(N)N4)cc3Cl)cc12. The third-order valence-electron chi connectivity index (χ3n) is 5.25. The zero-order valence-electron chi connectivity index (χ0n) is 17.9. The zero-order valence-corrected chi connectivity index (χ0v) is 21.0. The number of nitrogens with two attached hydrogens (primary N) is 1. The summed E-state index contributed by atoms with van der Waals surface area (Å²) in [5.41, 5.74) is 13.3. The van der Waals surface area contributed by atoms with Gasteiger partial charge in [0.1, 0.15) is 17.9 Å². The highest BCUT2D eigenvalue weighted by Crippen LogP contribution is 2.40. The van der Waals surface area contributed by atoms with Gasteiger partial charge in [-0.2, -0.15) is 0 Å². The van der Waals surface area contributed by atoms with E-state index in [-0.39, 0.29) is 0 Å². The predicted molar refractivity (Wildman–Crippen MR) is 143 cm³/mol. The van der Waals surface area contributed by atoms with Crippen molar-refractivity contribution >= 4 is 62.1 Å². The Labute approximate surface area is 214 Å². The molecule has 1 aliphatic rings. The van der Waals surface area contributed by atoms with Crippen LogP contribution in [0.1, 0.15) is 5.56 Å². The van der Waals surface area contributed by atoms with Gasteiger partial charge in [-0.15, -0.1) is 0 Å². The fourth-order valence-corrected chi connectivity index (χ4v) is 4.43. The molecule has 1 aromatic heterocycles. The molecule has 0 amide bonds. The molecule has 4 aromatic rings. The van der Waals surface area contributed by atoms with E-state index in [4.69, 9.17) is 38.7 Å². The van der Waals surface area contributed by atoms with Crippen molar-refractivity contribution in [2.75, 3.05) is 5.01 Å². The summed E-state index contributed by atoms with van der Waals surface area (Å²) < 4.78 is 7.12. The summed E-state index contributed by atoms with van der Waals surface area (Å²) in [5, 5.41) is 3.31. The number of fused-ring (bicyclic) bond motifs is 1. The van der Waals surface area contributed by atoms with Crippen molar-refractivity contribution in [3.63, 3.8) is 0 Å². The van der Waals surface area contributed by atoms with Crippen molar-refractivity contribution in [1.29, 1.82) is 0 Å².